The number of benzene rings is 2. The zero-order chi connectivity index (χ0) is 30.0. The number of hydrogen-bond donors (Lipinski definition) is 5. The number of aromatic nitrogens is 2. The molecule has 0 aliphatic rings. The second kappa shape index (κ2) is 18.6. The van der Waals surface area contributed by atoms with E-state index in [0.717, 1.165) is 10.9 Å². The van der Waals surface area contributed by atoms with Gasteiger partial charge in [0.15, 0.2) is 5.96 Å². The monoisotopic (exact) mass is 603 g/mol. The third-order valence-corrected chi connectivity index (χ3v) is 5.76. The van der Waals surface area contributed by atoms with Crippen LogP contribution in [-0.2, 0) is 18.9 Å². The molecule has 0 saturated heterocycles. The minimum absolute atomic E-state index is 0.214. The highest BCUT2D eigenvalue weighted by Crippen LogP contribution is 2.31. The molecule has 0 radical (unpaired) electrons. The standard InChI is InChI=1S/C28H38ClN7O6/c1-2-38-10-8-32-28(37)33-9-11-39-12-13-40-14-15-41-16-17-42-22-5-3-4-20(18-22)25-23-19-21(29)6-7-24(23)34-27(35-25)36-26(30)31/h3-7,18-19H,2,8-17H2,1H3,(H2,32,33,37)(H4,30,31,34,35,36). The molecule has 3 rings (SSSR count). The fraction of sp³-hybridized carbons (Fsp3) is 0.429. The Labute approximate surface area is 249 Å². The number of urea groups is 1. The Hall–Kier alpha value is -3.75. The molecule has 2 amide bonds. The van der Waals surface area contributed by atoms with Gasteiger partial charge >= 0.3 is 6.03 Å². The van der Waals surface area contributed by atoms with Crippen molar-refractivity contribution in [3.05, 3.63) is 47.5 Å². The molecule has 6 N–H and O–H groups in total. The van der Waals surface area contributed by atoms with E-state index in [1.807, 2.05) is 31.2 Å². The molecule has 42 heavy (non-hydrogen) atoms. The maximum atomic E-state index is 11.5. The van der Waals surface area contributed by atoms with Gasteiger partial charge < -0.3 is 40.1 Å². The van der Waals surface area contributed by atoms with E-state index in [4.69, 9.17) is 46.4 Å². The number of anilines is 1. The molecule has 0 aliphatic heterocycles. The van der Waals surface area contributed by atoms with E-state index in [2.05, 4.69) is 25.9 Å². The molecule has 0 bridgehead atoms. The molecule has 2 aromatic carbocycles. The van der Waals surface area contributed by atoms with Gasteiger partial charge in [-0.15, -0.1) is 0 Å². The van der Waals surface area contributed by atoms with Crippen molar-refractivity contribution in [2.24, 2.45) is 5.73 Å². The van der Waals surface area contributed by atoms with E-state index >= 15 is 0 Å². The predicted octanol–water partition coefficient (Wildman–Crippen LogP) is 3.02. The van der Waals surface area contributed by atoms with E-state index in [0.29, 0.717) is 94.5 Å². The lowest BCUT2D eigenvalue weighted by molar-refractivity contribution is 0.0101. The van der Waals surface area contributed by atoms with Gasteiger partial charge in [0.1, 0.15) is 12.4 Å². The number of nitrogens with zero attached hydrogens (tertiary/aromatic N) is 2. The van der Waals surface area contributed by atoms with Crippen molar-refractivity contribution in [3.8, 4) is 17.0 Å². The maximum absolute atomic E-state index is 11.5. The summed E-state index contributed by atoms with van der Waals surface area (Å²) in [5.41, 5.74) is 7.56. The lowest BCUT2D eigenvalue weighted by atomic mass is 10.1. The van der Waals surface area contributed by atoms with Gasteiger partial charge in [0.05, 0.1) is 57.5 Å². The van der Waals surface area contributed by atoms with E-state index in [9.17, 15) is 4.79 Å². The Morgan fingerprint density at radius 1 is 0.881 bits per heavy atom. The number of nitrogens with two attached hydrogens (primary N) is 1. The van der Waals surface area contributed by atoms with Crippen molar-refractivity contribution in [1.82, 2.24) is 20.6 Å². The summed E-state index contributed by atoms with van der Waals surface area (Å²) < 4.78 is 27.5. The van der Waals surface area contributed by atoms with Crippen LogP contribution in [0, 0.1) is 5.41 Å². The largest absolute Gasteiger partial charge is 0.491 e. The number of hydrogen-bond acceptors (Lipinski definition) is 9. The molecule has 0 unspecified atom stereocenters. The number of carbonyl (C=O) groups is 1. The fourth-order valence-electron chi connectivity index (χ4n) is 3.67. The lowest BCUT2D eigenvalue weighted by Crippen LogP contribution is -2.39. The Bertz CT molecular complexity index is 1280. The van der Waals surface area contributed by atoms with Gasteiger partial charge in [-0.3, -0.25) is 10.7 Å². The lowest BCUT2D eigenvalue weighted by Gasteiger charge is -2.12. The predicted molar refractivity (Wildman–Crippen MR) is 161 cm³/mol. The van der Waals surface area contributed by atoms with Crippen molar-refractivity contribution in [2.75, 3.05) is 77.9 Å². The number of amides is 2. The second-order valence-electron chi connectivity index (χ2n) is 8.69. The summed E-state index contributed by atoms with van der Waals surface area (Å²) in [6.45, 7) is 6.75. The molecule has 0 spiro atoms. The van der Waals surface area contributed by atoms with Crippen LogP contribution in [0.2, 0.25) is 5.02 Å². The van der Waals surface area contributed by atoms with Gasteiger partial charge in [0.25, 0.3) is 0 Å². The minimum Gasteiger partial charge on any atom is -0.491 e. The number of nitrogens with one attached hydrogen (secondary N) is 4. The smallest absolute Gasteiger partial charge is 0.314 e. The highest BCUT2D eigenvalue weighted by Gasteiger charge is 2.12. The SMILES string of the molecule is CCOCCNC(=O)NCCOCCOCCOCCOc1cccc(-c2nc(NC(=N)N)nc3ccc(Cl)cc23)c1. The average molecular weight is 604 g/mol. The molecule has 0 saturated carbocycles. The summed E-state index contributed by atoms with van der Waals surface area (Å²) in [7, 11) is 0. The van der Waals surface area contributed by atoms with Crippen LogP contribution in [0.4, 0.5) is 10.7 Å². The third-order valence-electron chi connectivity index (χ3n) is 5.52. The number of guanidine groups is 1. The quantitative estimate of drug-likeness (QED) is 0.0778. The van der Waals surface area contributed by atoms with Crippen molar-refractivity contribution in [1.29, 1.82) is 5.41 Å². The van der Waals surface area contributed by atoms with Gasteiger partial charge in [0.2, 0.25) is 5.95 Å². The molecule has 0 aliphatic carbocycles. The summed E-state index contributed by atoms with van der Waals surface area (Å²) in [5.74, 6) is 0.605. The van der Waals surface area contributed by atoms with Crippen molar-refractivity contribution >= 4 is 40.4 Å². The minimum atomic E-state index is -0.259. The molecule has 14 heteroatoms. The van der Waals surface area contributed by atoms with Crippen molar-refractivity contribution < 1.29 is 28.5 Å². The first-order chi connectivity index (χ1) is 20.5. The fourth-order valence-corrected chi connectivity index (χ4v) is 3.84. The van der Waals surface area contributed by atoms with E-state index in [1.165, 1.54) is 0 Å². The molecule has 1 heterocycles. The van der Waals surface area contributed by atoms with Crippen LogP contribution in [0.3, 0.4) is 0 Å². The summed E-state index contributed by atoms with van der Waals surface area (Å²) in [4.78, 5) is 20.5. The number of carbonyl (C=O) groups excluding carboxylic acids is 1. The van der Waals surface area contributed by atoms with E-state index in [1.54, 1.807) is 18.2 Å². The first-order valence-corrected chi connectivity index (χ1v) is 14.0. The summed E-state index contributed by atoms with van der Waals surface area (Å²) in [5, 5.41) is 16.9. The van der Waals surface area contributed by atoms with Crippen LogP contribution < -0.4 is 26.4 Å². The topological polar surface area (TPSA) is 175 Å². The van der Waals surface area contributed by atoms with Gasteiger partial charge in [-0.1, -0.05) is 23.7 Å². The van der Waals surface area contributed by atoms with Crippen LogP contribution in [0.25, 0.3) is 22.2 Å². The number of ether oxygens (including phenoxy) is 5. The molecule has 13 nitrogen and oxygen atoms in total. The van der Waals surface area contributed by atoms with Crippen LogP contribution in [0.1, 0.15) is 6.92 Å². The molecule has 0 fully saturated rings. The molecular formula is C28H38ClN7O6. The van der Waals surface area contributed by atoms with Gasteiger partial charge in [-0.2, -0.15) is 0 Å². The van der Waals surface area contributed by atoms with Crippen LogP contribution >= 0.6 is 11.6 Å². The van der Waals surface area contributed by atoms with Gasteiger partial charge in [-0.25, -0.2) is 14.8 Å². The molecule has 228 valence electrons. The first-order valence-electron chi connectivity index (χ1n) is 13.6. The zero-order valence-corrected chi connectivity index (χ0v) is 24.4. The number of halogens is 1. The Balaban J connectivity index is 1.31. The summed E-state index contributed by atoms with van der Waals surface area (Å²) in [6.07, 6.45) is 0. The Kier molecular flexibility index (Phi) is 14.5. The van der Waals surface area contributed by atoms with E-state index < -0.39 is 0 Å². The maximum Gasteiger partial charge on any atom is 0.314 e. The number of fused-ring (bicyclic) bond motifs is 1. The molecule has 0 atom stereocenters. The highest BCUT2D eigenvalue weighted by atomic mass is 35.5. The van der Waals surface area contributed by atoms with Crippen molar-refractivity contribution in [2.45, 2.75) is 6.92 Å². The molecule has 1 aromatic heterocycles. The normalized spacial score (nSPS) is 10.9. The van der Waals surface area contributed by atoms with Gasteiger partial charge in [-0.05, 0) is 37.3 Å². The van der Waals surface area contributed by atoms with Crippen LogP contribution in [-0.4, -0.2) is 94.5 Å². The molecular weight excluding hydrogens is 566 g/mol. The number of rotatable bonds is 19. The molecule has 3 aromatic rings. The van der Waals surface area contributed by atoms with Gasteiger partial charge in [0, 0.05) is 35.7 Å². The van der Waals surface area contributed by atoms with Crippen LogP contribution in [0.5, 0.6) is 5.75 Å². The second-order valence-corrected chi connectivity index (χ2v) is 9.13. The summed E-state index contributed by atoms with van der Waals surface area (Å²) in [6, 6.07) is 12.6. The Morgan fingerprint density at radius 2 is 1.55 bits per heavy atom. The first kappa shape index (κ1) is 32.8. The van der Waals surface area contributed by atoms with Crippen molar-refractivity contribution in [3.63, 3.8) is 0 Å². The Morgan fingerprint density at radius 3 is 2.24 bits per heavy atom. The van der Waals surface area contributed by atoms with E-state index in [-0.39, 0.29) is 17.9 Å². The highest BCUT2D eigenvalue weighted by molar-refractivity contribution is 6.31. The zero-order valence-electron chi connectivity index (χ0n) is 23.6. The van der Waals surface area contributed by atoms with Crippen LogP contribution in [0.15, 0.2) is 42.5 Å². The summed E-state index contributed by atoms with van der Waals surface area (Å²) >= 11 is 6.23. The third kappa shape index (κ3) is 12.0. The average Bonchev–Trinajstić information content (AvgIpc) is 2.97.